The van der Waals surface area contributed by atoms with Crippen molar-refractivity contribution in [2.24, 2.45) is 5.92 Å². The lowest BCUT2D eigenvalue weighted by Crippen LogP contribution is -2.37. The molecule has 1 aliphatic heterocycles. The summed E-state index contributed by atoms with van der Waals surface area (Å²) >= 11 is 0. The summed E-state index contributed by atoms with van der Waals surface area (Å²) in [4.78, 5) is 54.0. The Morgan fingerprint density at radius 1 is 0.917 bits per heavy atom. The second-order valence-electron chi connectivity index (χ2n) is 8.23. The first kappa shape index (κ1) is 29.5. The van der Waals surface area contributed by atoms with E-state index in [1.54, 1.807) is 0 Å². The van der Waals surface area contributed by atoms with Gasteiger partial charge in [0.15, 0.2) is 6.23 Å². The third-order valence-corrected chi connectivity index (χ3v) is 9.73. The Kier molecular flexibility index (Phi) is 9.67. The van der Waals surface area contributed by atoms with Crippen molar-refractivity contribution in [2.75, 3.05) is 13.2 Å². The topological polar surface area (TPSA) is 253 Å². The average Bonchev–Trinajstić information content (AvgIpc) is 3.04. The lowest BCUT2D eigenvalue weighted by atomic mass is 9.90. The highest BCUT2D eigenvalue weighted by Crippen LogP contribution is 2.67. The Morgan fingerprint density at radius 3 is 2.08 bits per heavy atom. The molecule has 206 valence electrons. The minimum atomic E-state index is -5.67. The SMILES string of the molecule is O=c1ccn([C@@H]2O[C@H](COP(=O)(O)OP(=O)(O)OP(=O)(O)OCC3CCCCC3)C(O)[C@@H]2O)c(=O)[nH]1. The zero-order valence-corrected chi connectivity index (χ0v) is 21.3. The number of nitrogens with one attached hydrogen (secondary N) is 1. The fourth-order valence-corrected chi connectivity index (χ4v) is 7.35. The van der Waals surface area contributed by atoms with Crippen LogP contribution in [0.15, 0.2) is 21.9 Å². The minimum absolute atomic E-state index is 0.0573. The van der Waals surface area contributed by atoms with Crippen LogP contribution in [0.3, 0.4) is 0 Å². The van der Waals surface area contributed by atoms with Gasteiger partial charge in [0.1, 0.15) is 18.3 Å². The molecule has 2 aliphatic rings. The van der Waals surface area contributed by atoms with Gasteiger partial charge in [-0.05, 0) is 18.8 Å². The zero-order valence-electron chi connectivity index (χ0n) is 18.6. The Hall–Kier alpha value is -1.03. The number of phosphoric ester groups is 2. The molecule has 1 saturated heterocycles. The molecule has 3 rings (SSSR count). The highest BCUT2D eigenvalue weighted by molar-refractivity contribution is 7.66. The molecule has 4 unspecified atom stereocenters. The van der Waals surface area contributed by atoms with E-state index in [2.05, 4.69) is 13.1 Å². The summed E-state index contributed by atoms with van der Waals surface area (Å²) in [6.07, 6.45) is -1.32. The summed E-state index contributed by atoms with van der Waals surface area (Å²) in [7, 11) is -16.3. The van der Waals surface area contributed by atoms with Gasteiger partial charge >= 0.3 is 29.2 Å². The largest absolute Gasteiger partial charge is 0.490 e. The van der Waals surface area contributed by atoms with Crippen LogP contribution < -0.4 is 11.2 Å². The van der Waals surface area contributed by atoms with E-state index >= 15 is 0 Å². The molecular weight excluding hydrogens is 553 g/mol. The van der Waals surface area contributed by atoms with E-state index in [0.29, 0.717) is 0 Å². The van der Waals surface area contributed by atoms with Gasteiger partial charge in [-0.25, -0.2) is 18.5 Å². The van der Waals surface area contributed by atoms with Crippen molar-refractivity contribution in [3.63, 3.8) is 0 Å². The van der Waals surface area contributed by atoms with Gasteiger partial charge in [-0.15, -0.1) is 0 Å². The standard InChI is InChI=1S/C16H27N2O15P3/c19-12-6-7-18(16(22)17-12)15-14(21)13(20)11(31-15)9-30-35(25,26)33-36(27,28)32-34(23,24)29-8-10-4-2-1-3-5-10/h6-7,10-11,13-15,20-21H,1-5,8-9H2,(H,23,24)(H,25,26)(H,27,28)(H,17,19,22)/t11-,13?,14+,15-/m1/s1. The molecule has 2 fully saturated rings. The molecule has 1 aromatic heterocycles. The van der Waals surface area contributed by atoms with E-state index in [0.717, 1.165) is 48.9 Å². The van der Waals surface area contributed by atoms with Crippen LogP contribution in [0.1, 0.15) is 38.3 Å². The molecule has 7 atom stereocenters. The lowest BCUT2D eigenvalue weighted by Gasteiger charge is -2.23. The second kappa shape index (κ2) is 11.8. The number of aromatic nitrogens is 2. The number of aromatic amines is 1. The van der Waals surface area contributed by atoms with Gasteiger partial charge in [-0.3, -0.25) is 23.4 Å². The first-order valence-electron chi connectivity index (χ1n) is 10.7. The number of hydrogen-bond acceptors (Lipinski definition) is 12. The fourth-order valence-electron chi connectivity index (χ4n) is 3.77. The summed E-state index contributed by atoms with van der Waals surface area (Å²) in [5.41, 5.74) is -1.71. The smallest absolute Gasteiger partial charge is 0.387 e. The summed E-state index contributed by atoms with van der Waals surface area (Å²) in [5.74, 6) is -0.0573. The van der Waals surface area contributed by atoms with Crippen molar-refractivity contribution in [3.05, 3.63) is 33.1 Å². The molecule has 0 aromatic carbocycles. The van der Waals surface area contributed by atoms with E-state index in [1.165, 1.54) is 0 Å². The summed E-state index contributed by atoms with van der Waals surface area (Å²) in [5, 5.41) is 20.3. The Morgan fingerprint density at radius 2 is 1.50 bits per heavy atom. The monoisotopic (exact) mass is 580 g/mol. The van der Waals surface area contributed by atoms with Gasteiger partial charge in [-0.1, -0.05) is 19.3 Å². The summed E-state index contributed by atoms with van der Waals surface area (Å²) in [6, 6.07) is 0.945. The number of H-pyrrole nitrogens is 1. The van der Waals surface area contributed by atoms with E-state index in [9.17, 15) is 48.2 Å². The van der Waals surface area contributed by atoms with Crippen LogP contribution in [0.4, 0.5) is 0 Å². The van der Waals surface area contributed by atoms with Gasteiger partial charge in [0.25, 0.3) is 5.56 Å². The van der Waals surface area contributed by atoms with Crippen molar-refractivity contribution in [1.29, 1.82) is 0 Å². The zero-order chi connectivity index (χ0) is 26.7. The van der Waals surface area contributed by atoms with Gasteiger partial charge in [0, 0.05) is 12.3 Å². The van der Waals surface area contributed by atoms with Crippen LogP contribution in [-0.2, 0) is 36.1 Å². The Balaban J connectivity index is 1.54. The van der Waals surface area contributed by atoms with Crippen molar-refractivity contribution in [3.8, 4) is 0 Å². The van der Waals surface area contributed by atoms with Crippen LogP contribution in [0, 0.1) is 5.92 Å². The highest BCUT2D eigenvalue weighted by atomic mass is 31.3. The summed E-state index contributed by atoms with van der Waals surface area (Å²) < 4.78 is 59.3. The number of nitrogens with zero attached hydrogens (tertiary/aromatic N) is 1. The maximum atomic E-state index is 12.1. The number of hydrogen-bond donors (Lipinski definition) is 6. The van der Waals surface area contributed by atoms with E-state index < -0.39 is 65.9 Å². The molecule has 0 radical (unpaired) electrons. The predicted molar refractivity (Wildman–Crippen MR) is 117 cm³/mol. The summed E-state index contributed by atoms with van der Waals surface area (Å²) in [6.45, 7) is -1.24. The number of aliphatic hydroxyl groups excluding tert-OH is 2. The molecule has 1 aliphatic carbocycles. The molecule has 1 saturated carbocycles. The molecule has 36 heavy (non-hydrogen) atoms. The van der Waals surface area contributed by atoms with Crippen LogP contribution in [0.5, 0.6) is 0 Å². The number of ether oxygens (including phenoxy) is 1. The van der Waals surface area contributed by atoms with Crippen LogP contribution in [0.2, 0.25) is 0 Å². The van der Waals surface area contributed by atoms with Crippen molar-refractivity contribution in [1.82, 2.24) is 9.55 Å². The maximum absolute atomic E-state index is 12.1. The molecule has 20 heteroatoms. The molecule has 2 heterocycles. The second-order valence-corrected chi connectivity index (χ2v) is 12.9. The lowest BCUT2D eigenvalue weighted by molar-refractivity contribution is -0.0542. The van der Waals surface area contributed by atoms with Crippen LogP contribution >= 0.6 is 23.5 Å². The molecule has 1 aromatic rings. The highest BCUT2D eigenvalue weighted by Gasteiger charge is 2.47. The molecule has 0 bridgehead atoms. The number of rotatable bonds is 11. The van der Waals surface area contributed by atoms with Crippen molar-refractivity contribution < 1.29 is 61.0 Å². The van der Waals surface area contributed by atoms with E-state index in [4.69, 9.17) is 9.26 Å². The Bertz CT molecular complexity index is 1160. The van der Waals surface area contributed by atoms with E-state index in [-0.39, 0.29) is 12.5 Å². The third kappa shape index (κ3) is 8.23. The Labute approximate surface area is 203 Å². The first-order valence-corrected chi connectivity index (χ1v) is 15.2. The predicted octanol–water partition coefficient (Wildman–Crippen LogP) is 0.104. The van der Waals surface area contributed by atoms with Crippen molar-refractivity contribution in [2.45, 2.75) is 56.6 Å². The molecular formula is C16H27N2O15P3. The fraction of sp³-hybridized carbons (Fsp3) is 0.750. The molecule has 0 amide bonds. The quantitative estimate of drug-likeness (QED) is 0.190. The van der Waals surface area contributed by atoms with Crippen LogP contribution in [-0.4, -0.2) is 66.0 Å². The van der Waals surface area contributed by atoms with Gasteiger partial charge in [0.2, 0.25) is 0 Å². The van der Waals surface area contributed by atoms with Gasteiger partial charge < -0.3 is 29.6 Å². The van der Waals surface area contributed by atoms with Crippen molar-refractivity contribution >= 4 is 23.5 Å². The van der Waals surface area contributed by atoms with Gasteiger partial charge in [0.05, 0.1) is 13.2 Å². The number of phosphoric acid groups is 3. The molecule has 0 spiro atoms. The minimum Gasteiger partial charge on any atom is -0.387 e. The normalized spacial score (nSPS) is 30.4. The third-order valence-electron chi connectivity index (χ3n) is 5.48. The number of aliphatic hydroxyl groups is 2. The first-order chi connectivity index (χ1) is 16.7. The van der Waals surface area contributed by atoms with Crippen LogP contribution in [0.25, 0.3) is 0 Å². The van der Waals surface area contributed by atoms with E-state index in [1.807, 2.05) is 4.98 Å². The molecule has 6 N–H and O–H groups in total. The molecule has 17 nitrogen and oxygen atoms in total. The average molecular weight is 580 g/mol. The maximum Gasteiger partial charge on any atom is 0.490 e. The van der Waals surface area contributed by atoms with Gasteiger partial charge in [-0.2, -0.15) is 8.62 Å².